The summed E-state index contributed by atoms with van der Waals surface area (Å²) < 4.78 is 1.50. The minimum absolute atomic E-state index is 0.0991. The highest BCUT2D eigenvalue weighted by Gasteiger charge is 2.33. The van der Waals surface area contributed by atoms with Crippen molar-refractivity contribution in [1.82, 2.24) is 14.5 Å². The molecule has 1 N–H and O–H groups in total. The van der Waals surface area contributed by atoms with Gasteiger partial charge in [-0.2, -0.15) is 4.98 Å². The van der Waals surface area contributed by atoms with E-state index in [1.165, 1.54) is 16.7 Å². The van der Waals surface area contributed by atoms with Crippen molar-refractivity contribution in [2.75, 3.05) is 24.5 Å². The first-order chi connectivity index (χ1) is 15.7. The Morgan fingerprint density at radius 1 is 1.24 bits per heavy atom. The van der Waals surface area contributed by atoms with Gasteiger partial charge in [-0.3, -0.25) is 14.2 Å². The van der Waals surface area contributed by atoms with Gasteiger partial charge in [0.25, 0.3) is 0 Å². The number of carbonyl (C=O) groups excluding carboxylic acids is 2. The second kappa shape index (κ2) is 8.69. The molecule has 1 saturated heterocycles. The zero-order chi connectivity index (χ0) is 23.9. The molecule has 1 aliphatic carbocycles. The maximum Gasteiger partial charge on any atom is 0.354 e. The Kier molecular flexibility index (Phi) is 5.93. The molecule has 1 atom stereocenters. The van der Waals surface area contributed by atoms with Gasteiger partial charge in [-0.05, 0) is 36.6 Å². The van der Waals surface area contributed by atoms with Gasteiger partial charge in [0.05, 0.1) is 12.1 Å². The third-order valence-electron chi connectivity index (χ3n) is 6.29. The third kappa shape index (κ3) is 3.97. The summed E-state index contributed by atoms with van der Waals surface area (Å²) in [5.41, 5.74) is 2.24. The van der Waals surface area contributed by atoms with Crippen LogP contribution in [0.25, 0.3) is 11.8 Å². The number of fused-ring (bicyclic) bond motifs is 1. The first kappa shape index (κ1) is 22.5. The second-order valence-corrected chi connectivity index (χ2v) is 8.79. The number of nitrogens with zero attached hydrogens (tertiary/aromatic N) is 4. The van der Waals surface area contributed by atoms with Crippen LogP contribution in [0.1, 0.15) is 43.5 Å². The van der Waals surface area contributed by atoms with E-state index in [0.717, 1.165) is 5.56 Å². The predicted molar refractivity (Wildman–Crippen MR) is 127 cm³/mol. The van der Waals surface area contributed by atoms with E-state index in [2.05, 4.69) is 11.6 Å². The zero-order valence-corrected chi connectivity index (χ0v) is 19.1. The van der Waals surface area contributed by atoms with Gasteiger partial charge in [-0.25, -0.2) is 4.79 Å². The summed E-state index contributed by atoms with van der Waals surface area (Å²) in [6.45, 7) is 11.0. The molecule has 2 heterocycles. The lowest BCUT2D eigenvalue weighted by molar-refractivity contribution is -0.126. The fraction of sp³-hybridized carbons (Fsp3) is 0.360. The van der Waals surface area contributed by atoms with Crippen LogP contribution < -0.4 is 10.6 Å². The first-order valence-corrected chi connectivity index (χ1v) is 11.1. The van der Waals surface area contributed by atoms with Gasteiger partial charge in [0.15, 0.2) is 5.76 Å². The molecule has 0 saturated carbocycles. The molecule has 0 radical (unpaired) electrons. The van der Waals surface area contributed by atoms with E-state index in [0.29, 0.717) is 42.4 Å². The number of ketones is 1. The van der Waals surface area contributed by atoms with E-state index in [1.54, 1.807) is 4.90 Å². The Morgan fingerprint density at radius 3 is 2.64 bits per heavy atom. The Hall–Kier alpha value is -3.68. The van der Waals surface area contributed by atoms with Crippen molar-refractivity contribution in [1.29, 1.82) is 0 Å². The molecule has 172 valence electrons. The topological polar surface area (TPSA) is 95.7 Å². The summed E-state index contributed by atoms with van der Waals surface area (Å²) in [7, 11) is 0. The van der Waals surface area contributed by atoms with Gasteiger partial charge in [0.1, 0.15) is 5.82 Å². The number of hydrogen-bond donors (Lipinski definition) is 1. The van der Waals surface area contributed by atoms with Crippen molar-refractivity contribution in [3.05, 3.63) is 70.0 Å². The molecule has 2 aliphatic rings. The largest absolute Gasteiger partial charge is 0.504 e. The maximum absolute atomic E-state index is 13.4. The number of carbonyl (C=O) groups is 2. The van der Waals surface area contributed by atoms with Gasteiger partial charge in [0, 0.05) is 36.9 Å². The number of aliphatic hydroxyl groups excluding tert-OH is 1. The molecule has 1 aromatic heterocycles. The summed E-state index contributed by atoms with van der Waals surface area (Å²) in [5, 5.41) is 10.2. The highest BCUT2D eigenvalue weighted by atomic mass is 16.3. The molecular weight excluding hydrogens is 420 g/mol. The Balaban J connectivity index is 1.88. The molecule has 4 rings (SSSR count). The molecule has 0 unspecified atom stereocenters. The number of anilines is 1. The van der Waals surface area contributed by atoms with Crippen LogP contribution in [0.3, 0.4) is 0 Å². The van der Waals surface area contributed by atoms with Crippen LogP contribution in [-0.4, -0.2) is 56.9 Å². The molecule has 1 amide bonds. The Labute approximate surface area is 192 Å². The molecule has 1 fully saturated rings. The maximum atomic E-state index is 13.4. The number of aliphatic hydroxyl groups is 1. The monoisotopic (exact) mass is 448 g/mol. The third-order valence-corrected chi connectivity index (χ3v) is 6.29. The highest BCUT2D eigenvalue weighted by Crippen LogP contribution is 2.32. The van der Waals surface area contributed by atoms with Crippen LogP contribution in [-0.2, 0) is 16.0 Å². The van der Waals surface area contributed by atoms with Crippen LogP contribution in [0.5, 0.6) is 0 Å². The second-order valence-electron chi connectivity index (χ2n) is 8.79. The van der Waals surface area contributed by atoms with Crippen molar-refractivity contribution in [2.24, 2.45) is 0 Å². The lowest BCUT2D eigenvalue weighted by atomic mass is 9.97. The number of rotatable bonds is 4. The molecule has 2 aromatic rings. The lowest BCUT2D eigenvalue weighted by Gasteiger charge is -2.41. The van der Waals surface area contributed by atoms with Crippen LogP contribution in [0.15, 0.2) is 47.5 Å². The number of benzene rings is 1. The minimum Gasteiger partial charge on any atom is -0.504 e. The summed E-state index contributed by atoms with van der Waals surface area (Å²) in [6, 6.07) is 7.46. The van der Waals surface area contributed by atoms with E-state index in [9.17, 15) is 19.5 Å². The van der Waals surface area contributed by atoms with Gasteiger partial charge in [0.2, 0.25) is 11.7 Å². The summed E-state index contributed by atoms with van der Waals surface area (Å²) >= 11 is 0. The number of amides is 1. The average Bonchev–Trinajstić information content (AvgIpc) is 2.79. The fourth-order valence-electron chi connectivity index (χ4n) is 4.60. The SMILES string of the molecule is C=CC(=O)N1CCN(c2nc(=O)n(-c3ccccc3C(C)C)c3c2C=C(O)C(=O)C3)[C@@H](C)C1. The Morgan fingerprint density at radius 2 is 1.97 bits per heavy atom. The summed E-state index contributed by atoms with van der Waals surface area (Å²) in [5.74, 6) is -0.349. The van der Waals surface area contributed by atoms with Crippen molar-refractivity contribution < 1.29 is 14.7 Å². The van der Waals surface area contributed by atoms with Gasteiger partial charge >= 0.3 is 5.69 Å². The number of allylic oxidation sites excluding steroid dienone is 1. The van der Waals surface area contributed by atoms with Crippen molar-refractivity contribution >= 4 is 23.6 Å². The van der Waals surface area contributed by atoms with E-state index in [1.807, 2.05) is 49.9 Å². The lowest BCUT2D eigenvalue weighted by Crippen LogP contribution is -2.54. The molecule has 0 bridgehead atoms. The van der Waals surface area contributed by atoms with Crippen molar-refractivity contribution in [3.63, 3.8) is 0 Å². The zero-order valence-electron chi connectivity index (χ0n) is 19.1. The van der Waals surface area contributed by atoms with E-state index in [-0.39, 0.29) is 30.0 Å². The summed E-state index contributed by atoms with van der Waals surface area (Å²) in [6.07, 6.45) is 2.60. The molecule has 33 heavy (non-hydrogen) atoms. The van der Waals surface area contributed by atoms with Crippen LogP contribution in [0.4, 0.5) is 5.82 Å². The number of aromatic nitrogens is 2. The van der Waals surface area contributed by atoms with Crippen molar-refractivity contribution in [3.8, 4) is 5.69 Å². The number of Topliss-reactive ketones (excluding diaryl/α,β-unsaturated/α-hetero) is 1. The molecule has 8 nitrogen and oxygen atoms in total. The summed E-state index contributed by atoms with van der Waals surface area (Å²) in [4.78, 5) is 46.0. The van der Waals surface area contributed by atoms with Crippen LogP contribution >= 0.6 is 0 Å². The molecule has 1 aromatic carbocycles. The first-order valence-electron chi connectivity index (χ1n) is 11.1. The molecule has 0 spiro atoms. The number of para-hydroxylation sites is 1. The smallest absolute Gasteiger partial charge is 0.354 e. The average molecular weight is 449 g/mol. The highest BCUT2D eigenvalue weighted by molar-refractivity contribution is 6.02. The van der Waals surface area contributed by atoms with E-state index in [4.69, 9.17) is 0 Å². The molecule has 1 aliphatic heterocycles. The normalized spacial score (nSPS) is 18.2. The standard InChI is InChI=1S/C25H28N4O4/c1-5-23(32)27-10-11-28(16(4)14-27)24-18-12-21(30)22(31)13-20(18)29(25(33)26-24)19-9-7-6-8-17(19)15(2)3/h5-9,12,15-16,30H,1,10-11,13-14H2,2-4H3/t16-/m0/s1. The van der Waals surface area contributed by atoms with Gasteiger partial charge < -0.3 is 14.9 Å². The van der Waals surface area contributed by atoms with Gasteiger partial charge in [-0.15, -0.1) is 0 Å². The van der Waals surface area contributed by atoms with Crippen LogP contribution in [0, 0.1) is 0 Å². The number of hydrogen-bond acceptors (Lipinski definition) is 6. The van der Waals surface area contributed by atoms with Crippen molar-refractivity contribution in [2.45, 2.75) is 39.2 Å². The fourth-order valence-corrected chi connectivity index (χ4v) is 4.60. The van der Waals surface area contributed by atoms with Gasteiger partial charge in [-0.1, -0.05) is 38.6 Å². The predicted octanol–water partition coefficient (Wildman–Crippen LogP) is 2.60. The quantitative estimate of drug-likeness (QED) is 0.723. The Bertz CT molecular complexity index is 1230. The van der Waals surface area contributed by atoms with E-state index >= 15 is 0 Å². The van der Waals surface area contributed by atoms with E-state index < -0.39 is 11.5 Å². The van der Waals surface area contributed by atoms with Crippen LogP contribution in [0.2, 0.25) is 0 Å². The molecule has 8 heteroatoms. The number of piperazine rings is 1. The minimum atomic E-state index is -0.476. The molecular formula is C25H28N4O4.